The average Bonchev–Trinajstić information content (AvgIpc) is 2.70. The SMILES string of the molecule is C#Cc1ccc(Cc2cc(C3OC(CO)CC(O)C3O)ccc2OC)cc1. The van der Waals surface area contributed by atoms with Gasteiger partial charge >= 0.3 is 0 Å². The van der Waals surface area contributed by atoms with Crippen molar-refractivity contribution >= 4 is 0 Å². The van der Waals surface area contributed by atoms with Crippen LogP contribution in [0.3, 0.4) is 0 Å². The second-order valence-electron chi connectivity index (χ2n) is 6.74. The lowest BCUT2D eigenvalue weighted by Gasteiger charge is -2.37. The van der Waals surface area contributed by atoms with Crippen molar-refractivity contribution in [3.63, 3.8) is 0 Å². The monoisotopic (exact) mass is 368 g/mol. The van der Waals surface area contributed by atoms with E-state index in [0.29, 0.717) is 6.42 Å². The molecular formula is C22H24O5. The van der Waals surface area contributed by atoms with Crippen molar-refractivity contribution in [3.05, 3.63) is 64.7 Å². The van der Waals surface area contributed by atoms with Gasteiger partial charge in [-0.15, -0.1) is 6.42 Å². The first-order valence-corrected chi connectivity index (χ1v) is 8.90. The van der Waals surface area contributed by atoms with Gasteiger partial charge in [-0.2, -0.15) is 0 Å². The quantitative estimate of drug-likeness (QED) is 0.702. The van der Waals surface area contributed by atoms with Crippen LogP contribution in [-0.4, -0.2) is 47.3 Å². The van der Waals surface area contributed by atoms with E-state index in [1.54, 1.807) is 7.11 Å². The Morgan fingerprint density at radius 3 is 2.56 bits per heavy atom. The normalized spacial score (nSPS) is 25.0. The van der Waals surface area contributed by atoms with Crippen LogP contribution in [0.2, 0.25) is 0 Å². The van der Waals surface area contributed by atoms with E-state index >= 15 is 0 Å². The minimum atomic E-state index is -1.05. The summed E-state index contributed by atoms with van der Waals surface area (Å²) in [6, 6.07) is 13.3. The number of hydrogen-bond acceptors (Lipinski definition) is 5. The maximum atomic E-state index is 10.4. The topological polar surface area (TPSA) is 79.2 Å². The molecule has 0 aromatic heterocycles. The summed E-state index contributed by atoms with van der Waals surface area (Å²) in [4.78, 5) is 0. The molecule has 2 aromatic rings. The Labute approximate surface area is 159 Å². The van der Waals surface area contributed by atoms with Gasteiger partial charge in [0.2, 0.25) is 0 Å². The van der Waals surface area contributed by atoms with E-state index in [0.717, 1.165) is 28.0 Å². The minimum absolute atomic E-state index is 0.204. The molecule has 4 unspecified atom stereocenters. The Kier molecular flexibility index (Phi) is 6.15. The van der Waals surface area contributed by atoms with Gasteiger partial charge in [-0.3, -0.25) is 0 Å². The summed E-state index contributed by atoms with van der Waals surface area (Å²) in [6.07, 6.45) is 3.02. The number of ether oxygens (including phenoxy) is 2. The molecule has 1 aliphatic heterocycles. The molecule has 0 aliphatic carbocycles. The van der Waals surface area contributed by atoms with E-state index in [1.165, 1.54) is 0 Å². The van der Waals surface area contributed by atoms with E-state index in [-0.39, 0.29) is 13.0 Å². The summed E-state index contributed by atoms with van der Waals surface area (Å²) >= 11 is 0. The van der Waals surface area contributed by atoms with E-state index in [4.69, 9.17) is 15.9 Å². The lowest BCUT2D eigenvalue weighted by molar-refractivity contribution is -0.179. The molecule has 1 aliphatic rings. The number of aliphatic hydroxyl groups is 3. The fraction of sp³-hybridized carbons (Fsp3) is 0.364. The Hall–Kier alpha value is -2.36. The maximum absolute atomic E-state index is 10.4. The predicted octanol–water partition coefficient (Wildman–Crippen LogP) is 1.81. The van der Waals surface area contributed by atoms with Crippen LogP contribution in [0.5, 0.6) is 5.75 Å². The standard InChI is InChI=1S/C22H24O5/c1-3-14-4-6-15(7-5-14)10-17-11-16(8-9-20(17)26-2)22-21(25)19(24)12-18(13-23)27-22/h1,4-9,11,18-19,21-25H,10,12-13H2,2H3. The molecule has 3 rings (SSSR count). The van der Waals surface area contributed by atoms with Gasteiger partial charge in [0.1, 0.15) is 18.0 Å². The van der Waals surface area contributed by atoms with Gasteiger partial charge in [0, 0.05) is 18.4 Å². The van der Waals surface area contributed by atoms with E-state index in [9.17, 15) is 15.3 Å². The summed E-state index contributed by atoms with van der Waals surface area (Å²) in [6.45, 7) is -0.204. The number of rotatable bonds is 5. The van der Waals surface area contributed by atoms with Crippen LogP contribution in [0, 0.1) is 12.3 Å². The van der Waals surface area contributed by atoms with Crippen LogP contribution in [0.1, 0.15) is 34.8 Å². The molecule has 142 valence electrons. The van der Waals surface area contributed by atoms with Crippen molar-refractivity contribution in [2.45, 2.75) is 37.3 Å². The third kappa shape index (κ3) is 4.32. The Bertz CT molecular complexity index is 808. The fourth-order valence-corrected chi connectivity index (χ4v) is 3.40. The summed E-state index contributed by atoms with van der Waals surface area (Å²) in [7, 11) is 1.61. The number of aliphatic hydroxyl groups excluding tert-OH is 3. The summed E-state index contributed by atoms with van der Waals surface area (Å²) < 4.78 is 11.3. The molecule has 5 heteroatoms. The van der Waals surface area contributed by atoms with E-state index in [1.807, 2.05) is 42.5 Å². The summed E-state index contributed by atoms with van der Waals surface area (Å²) in [5, 5.41) is 29.8. The van der Waals surface area contributed by atoms with Crippen molar-refractivity contribution in [2.24, 2.45) is 0 Å². The second-order valence-corrected chi connectivity index (χ2v) is 6.74. The number of benzene rings is 2. The minimum Gasteiger partial charge on any atom is -0.496 e. The molecule has 0 bridgehead atoms. The molecule has 0 saturated carbocycles. The molecule has 2 aromatic carbocycles. The molecule has 0 radical (unpaired) electrons. The van der Waals surface area contributed by atoms with Gasteiger partial charge in [-0.25, -0.2) is 0 Å². The second kappa shape index (κ2) is 8.55. The lowest BCUT2D eigenvalue weighted by atomic mass is 9.91. The Morgan fingerprint density at radius 2 is 1.93 bits per heavy atom. The molecular weight excluding hydrogens is 344 g/mol. The van der Waals surface area contributed by atoms with Gasteiger partial charge in [0.25, 0.3) is 0 Å². The van der Waals surface area contributed by atoms with Crippen molar-refractivity contribution in [1.29, 1.82) is 0 Å². The highest BCUT2D eigenvalue weighted by molar-refractivity contribution is 5.43. The van der Waals surface area contributed by atoms with Crippen molar-refractivity contribution < 1.29 is 24.8 Å². The number of hydrogen-bond donors (Lipinski definition) is 3. The molecule has 1 fully saturated rings. The van der Waals surface area contributed by atoms with Crippen LogP contribution < -0.4 is 4.74 Å². The third-order valence-electron chi connectivity index (χ3n) is 4.90. The van der Waals surface area contributed by atoms with Crippen LogP contribution >= 0.6 is 0 Å². The Morgan fingerprint density at radius 1 is 1.19 bits per heavy atom. The molecule has 0 amide bonds. The molecule has 4 atom stereocenters. The first kappa shape index (κ1) is 19.4. The molecule has 5 nitrogen and oxygen atoms in total. The molecule has 0 spiro atoms. The van der Waals surface area contributed by atoms with E-state index in [2.05, 4.69) is 5.92 Å². The van der Waals surface area contributed by atoms with Crippen LogP contribution in [-0.2, 0) is 11.2 Å². The van der Waals surface area contributed by atoms with Gasteiger partial charge in [-0.1, -0.05) is 24.1 Å². The zero-order chi connectivity index (χ0) is 19.4. The highest BCUT2D eigenvalue weighted by atomic mass is 16.5. The summed E-state index contributed by atoms with van der Waals surface area (Å²) in [5.41, 5.74) is 3.56. The Balaban J connectivity index is 1.89. The highest BCUT2D eigenvalue weighted by Crippen LogP contribution is 2.34. The summed E-state index contributed by atoms with van der Waals surface area (Å²) in [5.74, 6) is 3.32. The van der Waals surface area contributed by atoms with Gasteiger partial charge < -0.3 is 24.8 Å². The first-order valence-electron chi connectivity index (χ1n) is 8.90. The predicted molar refractivity (Wildman–Crippen MR) is 102 cm³/mol. The van der Waals surface area contributed by atoms with Crippen molar-refractivity contribution in [1.82, 2.24) is 0 Å². The molecule has 1 heterocycles. The fourth-order valence-electron chi connectivity index (χ4n) is 3.40. The zero-order valence-corrected chi connectivity index (χ0v) is 15.2. The molecule has 3 N–H and O–H groups in total. The largest absolute Gasteiger partial charge is 0.496 e. The van der Waals surface area contributed by atoms with Gasteiger partial charge in [0.05, 0.1) is 25.9 Å². The maximum Gasteiger partial charge on any atom is 0.122 e. The molecule has 1 saturated heterocycles. The average molecular weight is 368 g/mol. The van der Waals surface area contributed by atoms with Crippen LogP contribution in [0.15, 0.2) is 42.5 Å². The first-order chi connectivity index (χ1) is 13.0. The van der Waals surface area contributed by atoms with Crippen LogP contribution in [0.25, 0.3) is 0 Å². The smallest absolute Gasteiger partial charge is 0.122 e. The lowest BCUT2D eigenvalue weighted by Crippen LogP contribution is -2.44. The van der Waals surface area contributed by atoms with Gasteiger partial charge in [0.15, 0.2) is 0 Å². The van der Waals surface area contributed by atoms with Gasteiger partial charge in [-0.05, 0) is 41.0 Å². The van der Waals surface area contributed by atoms with Crippen LogP contribution in [0.4, 0.5) is 0 Å². The number of methoxy groups -OCH3 is 1. The van der Waals surface area contributed by atoms with E-state index < -0.39 is 24.4 Å². The zero-order valence-electron chi connectivity index (χ0n) is 15.2. The third-order valence-corrected chi connectivity index (χ3v) is 4.90. The highest BCUT2D eigenvalue weighted by Gasteiger charge is 2.37. The number of terminal acetylenes is 1. The van der Waals surface area contributed by atoms with Crippen molar-refractivity contribution in [2.75, 3.05) is 13.7 Å². The molecule has 27 heavy (non-hydrogen) atoms. The van der Waals surface area contributed by atoms with Crippen molar-refractivity contribution in [3.8, 4) is 18.1 Å².